The zero-order chi connectivity index (χ0) is 36.3. The Hall–Kier alpha value is -7.36. The Balaban J connectivity index is 1.16. The Morgan fingerprint density at radius 1 is 0.273 bits per heavy atom. The summed E-state index contributed by atoms with van der Waals surface area (Å²) >= 11 is 0. The molecule has 3 nitrogen and oxygen atoms in total. The van der Waals surface area contributed by atoms with Crippen molar-refractivity contribution in [3.63, 3.8) is 0 Å². The zero-order valence-electron chi connectivity index (χ0n) is 29.9. The van der Waals surface area contributed by atoms with Crippen LogP contribution >= 0.6 is 0 Å². The minimum absolute atomic E-state index is 0.711. The average Bonchev–Trinajstić information content (AvgIpc) is 3.60. The lowest BCUT2D eigenvalue weighted by Crippen LogP contribution is -1.96. The van der Waals surface area contributed by atoms with Gasteiger partial charge in [0.2, 0.25) is 0 Å². The molecule has 11 rings (SSSR count). The predicted molar refractivity (Wildman–Crippen MR) is 231 cm³/mol. The molecule has 0 bridgehead atoms. The van der Waals surface area contributed by atoms with Crippen molar-refractivity contribution >= 4 is 54.1 Å². The fourth-order valence-electron chi connectivity index (χ4n) is 8.38. The Kier molecular flexibility index (Phi) is 7.17. The number of fused-ring (bicyclic) bond motifs is 9. The van der Waals surface area contributed by atoms with Crippen molar-refractivity contribution in [1.29, 1.82) is 0 Å². The molecular formula is C52H33N3. The minimum Gasteiger partial charge on any atom is -0.309 e. The van der Waals surface area contributed by atoms with Crippen LogP contribution in [0.1, 0.15) is 0 Å². The molecule has 0 atom stereocenters. The van der Waals surface area contributed by atoms with E-state index in [-0.39, 0.29) is 0 Å². The van der Waals surface area contributed by atoms with E-state index in [0.29, 0.717) is 5.82 Å². The predicted octanol–water partition coefficient (Wildman–Crippen LogP) is 13.7. The maximum absolute atomic E-state index is 5.17. The summed E-state index contributed by atoms with van der Waals surface area (Å²) in [4.78, 5) is 10.3. The monoisotopic (exact) mass is 699 g/mol. The van der Waals surface area contributed by atoms with Gasteiger partial charge in [0.15, 0.2) is 5.82 Å². The van der Waals surface area contributed by atoms with Crippen LogP contribution in [0.3, 0.4) is 0 Å². The van der Waals surface area contributed by atoms with Gasteiger partial charge in [0, 0.05) is 33.2 Å². The first-order valence-corrected chi connectivity index (χ1v) is 18.7. The van der Waals surface area contributed by atoms with Crippen LogP contribution in [0.2, 0.25) is 0 Å². The van der Waals surface area contributed by atoms with Gasteiger partial charge in [0.1, 0.15) is 0 Å². The molecule has 256 valence electrons. The highest BCUT2D eigenvalue weighted by Gasteiger charge is 2.18. The molecule has 3 heteroatoms. The second-order valence-corrected chi connectivity index (χ2v) is 14.2. The topological polar surface area (TPSA) is 30.7 Å². The first-order valence-electron chi connectivity index (χ1n) is 18.7. The lowest BCUT2D eigenvalue weighted by molar-refractivity contribution is 1.18. The third kappa shape index (κ3) is 5.20. The van der Waals surface area contributed by atoms with Gasteiger partial charge in [-0.25, -0.2) is 9.97 Å². The summed E-state index contributed by atoms with van der Waals surface area (Å²) in [5.41, 5.74) is 10.9. The van der Waals surface area contributed by atoms with Gasteiger partial charge in [-0.1, -0.05) is 158 Å². The van der Waals surface area contributed by atoms with Gasteiger partial charge >= 0.3 is 0 Å². The molecule has 0 spiro atoms. The fraction of sp³-hybridized carbons (Fsp3) is 0. The molecule has 0 saturated heterocycles. The molecule has 2 heterocycles. The first-order chi connectivity index (χ1) is 27.3. The van der Waals surface area contributed by atoms with Gasteiger partial charge in [-0.05, 0) is 85.9 Å². The van der Waals surface area contributed by atoms with Crippen LogP contribution in [0.15, 0.2) is 200 Å². The van der Waals surface area contributed by atoms with E-state index in [9.17, 15) is 0 Å². The first kappa shape index (κ1) is 31.2. The lowest BCUT2D eigenvalue weighted by atomic mass is 9.92. The summed E-state index contributed by atoms with van der Waals surface area (Å²) < 4.78 is 2.43. The molecule has 0 amide bonds. The second-order valence-electron chi connectivity index (χ2n) is 14.2. The van der Waals surface area contributed by atoms with Crippen LogP contribution in [0.25, 0.3) is 105 Å². The maximum atomic E-state index is 5.17. The van der Waals surface area contributed by atoms with E-state index in [1.165, 1.54) is 65.3 Å². The molecule has 11 aromatic rings. The van der Waals surface area contributed by atoms with Crippen molar-refractivity contribution in [3.05, 3.63) is 200 Å². The quantitative estimate of drug-likeness (QED) is 0.167. The summed E-state index contributed by atoms with van der Waals surface area (Å²) in [6.07, 6.45) is 0. The van der Waals surface area contributed by atoms with Gasteiger partial charge in [-0.2, -0.15) is 0 Å². The molecule has 55 heavy (non-hydrogen) atoms. The van der Waals surface area contributed by atoms with Crippen molar-refractivity contribution in [2.24, 2.45) is 0 Å². The molecule has 0 unspecified atom stereocenters. The largest absolute Gasteiger partial charge is 0.309 e. The number of nitrogens with zero attached hydrogens (tertiary/aromatic N) is 3. The highest BCUT2D eigenvalue weighted by atomic mass is 15.0. The summed E-state index contributed by atoms with van der Waals surface area (Å²) in [6, 6.07) is 71.5. The van der Waals surface area contributed by atoms with E-state index in [2.05, 4.69) is 193 Å². The van der Waals surface area contributed by atoms with Crippen molar-refractivity contribution in [3.8, 4) is 50.7 Å². The highest BCUT2D eigenvalue weighted by molar-refractivity contribution is 6.29. The average molecular weight is 700 g/mol. The molecule has 0 aliphatic heterocycles. The smallest absolute Gasteiger partial charge is 0.160 e. The molecule has 9 aromatic carbocycles. The van der Waals surface area contributed by atoms with Gasteiger partial charge in [0.05, 0.1) is 22.4 Å². The van der Waals surface area contributed by atoms with Crippen molar-refractivity contribution in [1.82, 2.24) is 14.5 Å². The van der Waals surface area contributed by atoms with Crippen LogP contribution in [-0.4, -0.2) is 14.5 Å². The Morgan fingerprint density at radius 3 is 1.47 bits per heavy atom. The number of hydrogen-bond acceptors (Lipinski definition) is 2. The molecule has 0 saturated carbocycles. The van der Waals surface area contributed by atoms with Crippen LogP contribution in [0.5, 0.6) is 0 Å². The zero-order valence-corrected chi connectivity index (χ0v) is 29.9. The van der Waals surface area contributed by atoms with Crippen LogP contribution < -0.4 is 0 Å². The van der Waals surface area contributed by atoms with Gasteiger partial charge in [-0.3, -0.25) is 0 Å². The summed E-state index contributed by atoms with van der Waals surface area (Å²) in [5.74, 6) is 0.711. The Labute approximate surface area is 318 Å². The van der Waals surface area contributed by atoms with E-state index in [0.717, 1.165) is 33.8 Å². The third-order valence-electron chi connectivity index (χ3n) is 11.0. The van der Waals surface area contributed by atoms with Crippen molar-refractivity contribution < 1.29 is 0 Å². The third-order valence-corrected chi connectivity index (χ3v) is 11.0. The number of hydrogen-bond donors (Lipinski definition) is 0. The van der Waals surface area contributed by atoms with Crippen molar-refractivity contribution in [2.45, 2.75) is 0 Å². The second kappa shape index (κ2) is 12.6. The summed E-state index contributed by atoms with van der Waals surface area (Å²) in [7, 11) is 0. The highest BCUT2D eigenvalue weighted by Crippen LogP contribution is 2.42. The molecule has 2 aromatic heterocycles. The van der Waals surface area contributed by atoms with E-state index in [1.54, 1.807) is 0 Å². The molecule has 0 aliphatic rings. The number of para-hydroxylation sites is 1. The van der Waals surface area contributed by atoms with Gasteiger partial charge < -0.3 is 4.57 Å². The van der Waals surface area contributed by atoms with Gasteiger partial charge in [-0.15, -0.1) is 0 Å². The molecular weight excluding hydrogens is 667 g/mol. The molecule has 0 N–H and O–H groups in total. The van der Waals surface area contributed by atoms with E-state index >= 15 is 0 Å². The molecule has 0 radical (unpaired) electrons. The maximum Gasteiger partial charge on any atom is 0.160 e. The Morgan fingerprint density at radius 2 is 0.800 bits per heavy atom. The van der Waals surface area contributed by atoms with E-state index in [4.69, 9.17) is 9.97 Å². The minimum atomic E-state index is 0.711. The number of benzene rings is 9. The standard InChI is InChI=1S/C52H33N3/c1-4-15-34(16-5-1)37-21-14-22-39(29-37)55-50-26-13-12-25-43(50)47-31-45-42-28-27-38(30-44(42)40-23-10-11-24-41(40)46(45)32-51(47)55)52-53-48(35-17-6-2-7-18-35)33-49(54-52)36-19-8-3-9-20-36/h1-33H. The number of rotatable bonds is 5. The number of aromatic nitrogens is 3. The van der Waals surface area contributed by atoms with E-state index in [1.807, 2.05) is 12.1 Å². The summed E-state index contributed by atoms with van der Waals surface area (Å²) in [5, 5.41) is 9.78. The van der Waals surface area contributed by atoms with Crippen LogP contribution in [0.4, 0.5) is 0 Å². The normalized spacial score (nSPS) is 11.6. The Bertz CT molecular complexity index is 3180. The fourth-order valence-corrected chi connectivity index (χ4v) is 8.38. The summed E-state index contributed by atoms with van der Waals surface area (Å²) in [6.45, 7) is 0. The lowest BCUT2D eigenvalue weighted by Gasteiger charge is -2.14. The SMILES string of the molecule is c1ccc(-c2cccc(-n3c4ccccc4c4cc5c6ccc(-c7nc(-c8ccccc8)cc(-c8ccccc8)n7)cc6c6ccccc6c5cc43)c2)cc1. The van der Waals surface area contributed by atoms with E-state index < -0.39 is 0 Å². The van der Waals surface area contributed by atoms with Crippen molar-refractivity contribution in [2.75, 3.05) is 0 Å². The van der Waals surface area contributed by atoms with Gasteiger partial charge in [0.25, 0.3) is 0 Å². The van der Waals surface area contributed by atoms with Crippen LogP contribution in [0, 0.1) is 0 Å². The van der Waals surface area contributed by atoms with Crippen LogP contribution in [-0.2, 0) is 0 Å². The molecule has 0 aliphatic carbocycles. The molecule has 0 fully saturated rings.